The molecule has 0 aliphatic heterocycles. The van der Waals surface area contributed by atoms with Crippen LogP contribution in [0.5, 0.6) is 0 Å². The number of allylic oxidation sites excluding steroid dienone is 3. The maximum absolute atomic E-state index is 12.4. The first-order valence-corrected chi connectivity index (χ1v) is 18.2. The second kappa shape index (κ2) is 12.0. The molecule has 252 valence electrons. The number of likely N-dealkylation sites (N-methyl/N-ethyl adjacent to an activating group) is 1. The molecular weight excluding hydrogens is 556 g/mol. The van der Waals surface area contributed by atoms with Crippen LogP contribution in [0.25, 0.3) is 0 Å². The first-order chi connectivity index (χ1) is 21.0. The first-order valence-electron chi connectivity index (χ1n) is 18.2. The summed E-state index contributed by atoms with van der Waals surface area (Å²) in [5.74, 6) is 3.64. The Morgan fingerprint density at radius 3 is 2.22 bits per heavy atom. The van der Waals surface area contributed by atoms with Gasteiger partial charge in [0.2, 0.25) is 5.91 Å². The lowest BCUT2D eigenvalue weighted by Crippen LogP contribution is -2.68. The van der Waals surface area contributed by atoms with Crippen molar-refractivity contribution < 1.29 is 14.7 Å². The van der Waals surface area contributed by atoms with Crippen molar-refractivity contribution in [3.63, 3.8) is 0 Å². The molecule has 10 atom stereocenters. The third-order valence-electron chi connectivity index (χ3n) is 15.7. The lowest BCUT2D eigenvalue weighted by molar-refractivity contribution is -0.237. The minimum absolute atomic E-state index is 0.0946. The number of hydrogen-bond acceptors (Lipinski definition) is 3. The van der Waals surface area contributed by atoms with Crippen LogP contribution in [0, 0.1) is 63.1 Å². The van der Waals surface area contributed by atoms with Crippen molar-refractivity contribution in [2.24, 2.45) is 63.1 Å². The second-order valence-corrected chi connectivity index (χ2v) is 17.7. The number of fused-ring (bicyclic) bond motifs is 7. The molecule has 5 saturated carbocycles. The van der Waals surface area contributed by atoms with Crippen molar-refractivity contribution in [2.75, 3.05) is 13.6 Å². The summed E-state index contributed by atoms with van der Waals surface area (Å²) in [5.41, 5.74) is 2.51. The zero-order chi connectivity index (χ0) is 33.2. The van der Waals surface area contributed by atoms with Gasteiger partial charge in [0.25, 0.3) is 0 Å². The molecule has 0 unspecified atom stereocenters. The summed E-state index contributed by atoms with van der Waals surface area (Å²) in [6, 6.07) is 0. The van der Waals surface area contributed by atoms with Crippen LogP contribution >= 0.6 is 0 Å². The van der Waals surface area contributed by atoms with E-state index in [0.29, 0.717) is 63.9 Å². The smallest absolute Gasteiger partial charge is 0.335 e. The van der Waals surface area contributed by atoms with Crippen molar-refractivity contribution in [2.45, 2.75) is 125 Å². The maximum Gasteiger partial charge on any atom is 0.335 e. The molecule has 5 aliphatic rings. The summed E-state index contributed by atoms with van der Waals surface area (Å²) < 4.78 is 0. The van der Waals surface area contributed by atoms with Crippen LogP contribution in [0.4, 0.5) is 0 Å². The number of rotatable bonds is 8. The number of hydrogen-bond donors (Lipinski definition) is 3. The number of nitrogens with one attached hydrogen (secondary N) is 2. The highest BCUT2D eigenvalue weighted by Crippen LogP contribution is 2.77. The second-order valence-electron chi connectivity index (χ2n) is 17.7. The summed E-state index contributed by atoms with van der Waals surface area (Å²) >= 11 is 0. The van der Waals surface area contributed by atoms with Gasteiger partial charge in [-0.15, -0.1) is 0 Å². The van der Waals surface area contributed by atoms with E-state index in [9.17, 15) is 14.7 Å². The van der Waals surface area contributed by atoms with Gasteiger partial charge in [-0.2, -0.15) is 0 Å². The van der Waals surface area contributed by atoms with E-state index in [1.165, 1.54) is 57.8 Å². The van der Waals surface area contributed by atoms with Gasteiger partial charge in [0.05, 0.1) is 12.1 Å². The number of aliphatic carboxylic acids is 1. The van der Waals surface area contributed by atoms with E-state index in [4.69, 9.17) is 0 Å². The average Bonchev–Trinajstić information content (AvgIpc) is 3.36. The van der Waals surface area contributed by atoms with E-state index < -0.39 is 5.97 Å². The summed E-state index contributed by atoms with van der Waals surface area (Å²) in [6.45, 7) is 24.7. The number of carboxylic acids is 1. The van der Waals surface area contributed by atoms with Gasteiger partial charge < -0.3 is 15.7 Å². The zero-order valence-corrected chi connectivity index (χ0v) is 30.0. The van der Waals surface area contributed by atoms with Crippen molar-refractivity contribution in [1.29, 1.82) is 0 Å². The Morgan fingerprint density at radius 2 is 1.60 bits per heavy atom. The monoisotopic (exact) mass is 620 g/mol. The highest BCUT2D eigenvalue weighted by atomic mass is 16.4. The molecule has 45 heavy (non-hydrogen) atoms. The van der Waals surface area contributed by atoms with Gasteiger partial charge in [-0.3, -0.25) is 4.79 Å². The van der Waals surface area contributed by atoms with E-state index in [-0.39, 0.29) is 16.9 Å². The normalized spacial score (nSPS) is 44.1. The molecule has 0 aromatic heterocycles. The van der Waals surface area contributed by atoms with Crippen molar-refractivity contribution in [3.8, 4) is 0 Å². The van der Waals surface area contributed by atoms with Crippen LogP contribution in [0.2, 0.25) is 0 Å². The lowest BCUT2D eigenvalue weighted by Gasteiger charge is -2.73. The van der Waals surface area contributed by atoms with Crippen molar-refractivity contribution >= 4 is 11.9 Å². The Bertz CT molecular complexity index is 1250. The molecule has 5 nitrogen and oxygen atoms in total. The van der Waals surface area contributed by atoms with Gasteiger partial charge in [-0.25, -0.2) is 4.79 Å². The van der Waals surface area contributed by atoms with E-state index >= 15 is 0 Å². The molecule has 0 heterocycles. The SMILES string of the molecule is C=C(/C=C\C(=C/C)C(=O)O)[C@H]1CC[C@]2(C)[C@H]3CC[C@@H]4[C@H]5[C@H](C(C)C)CC[C@]5(NCC(=O)NC)CC[C@@]4(C)[C@]3(C)CC[C@H]2C1(C)C. The van der Waals surface area contributed by atoms with Crippen LogP contribution in [0.1, 0.15) is 120 Å². The van der Waals surface area contributed by atoms with E-state index in [2.05, 4.69) is 65.7 Å². The summed E-state index contributed by atoms with van der Waals surface area (Å²) in [4.78, 5) is 24.0. The Hall–Kier alpha value is -1.88. The van der Waals surface area contributed by atoms with Crippen LogP contribution in [0.15, 0.2) is 36.0 Å². The first kappa shape index (κ1) is 34.5. The molecule has 0 aromatic carbocycles. The standard InChI is InChI=1S/C40H64N2O3/c1-11-27(35(44)45)13-12-26(4)29-17-19-37(7)31(36(29,5)6)18-20-39(9)32(37)15-14-30-34-28(25(2)3)16-21-40(34,23-22-38(30,39)8)42-24-33(43)41-10/h11-13,25,28-32,34,42H,4,14-24H2,1-3,5-10H3,(H,41,43)(H,44,45)/b13-12-,27-11+/t28-,29+,30+,31-,32+,34+,37-,38+,39+,40-/m0/s1. The molecular formula is C40H64N2O3. The fourth-order valence-corrected chi connectivity index (χ4v) is 13.3. The van der Waals surface area contributed by atoms with E-state index in [1.54, 1.807) is 26.1 Å². The minimum atomic E-state index is -0.882. The quantitative estimate of drug-likeness (QED) is 0.188. The molecule has 3 N–H and O–H groups in total. The van der Waals surface area contributed by atoms with Gasteiger partial charge in [0.15, 0.2) is 0 Å². The average molecular weight is 621 g/mol. The van der Waals surface area contributed by atoms with Crippen molar-refractivity contribution in [1.82, 2.24) is 10.6 Å². The van der Waals surface area contributed by atoms with Gasteiger partial charge >= 0.3 is 5.97 Å². The van der Waals surface area contributed by atoms with Gasteiger partial charge in [0, 0.05) is 12.6 Å². The minimum Gasteiger partial charge on any atom is -0.478 e. The van der Waals surface area contributed by atoms with Gasteiger partial charge in [-0.05, 0) is 140 Å². The predicted molar refractivity (Wildman–Crippen MR) is 185 cm³/mol. The molecule has 0 spiro atoms. The summed E-state index contributed by atoms with van der Waals surface area (Å²) in [6.07, 6.45) is 17.9. The third-order valence-corrected chi connectivity index (χ3v) is 15.7. The fraction of sp³-hybridized carbons (Fsp3) is 0.800. The van der Waals surface area contributed by atoms with Crippen molar-refractivity contribution in [3.05, 3.63) is 36.0 Å². The van der Waals surface area contributed by atoms with Crippen LogP contribution in [-0.4, -0.2) is 36.1 Å². The molecule has 0 bridgehead atoms. The number of carbonyl (C=O) groups is 2. The molecule has 5 heteroatoms. The Labute approximate surface area is 274 Å². The number of carboxylic acid groups (broad SMARTS) is 1. The Kier molecular flexibility index (Phi) is 9.17. The molecule has 5 rings (SSSR count). The molecule has 5 fully saturated rings. The maximum atomic E-state index is 12.4. The molecule has 1 amide bonds. The molecule has 5 aliphatic carbocycles. The lowest BCUT2D eigenvalue weighted by atomic mass is 9.32. The number of carbonyl (C=O) groups excluding carboxylic acids is 1. The van der Waals surface area contributed by atoms with Crippen LogP contribution < -0.4 is 10.6 Å². The molecule has 0 aromatic rings. The van der Waals surface area contributed by atoms with E-state index in [1.807, 2.05) is 6.08 Å². The predicted octanol–water partition coefficient (Wildman–Crippen LogP) is 8.57. The molecule has 0 saturated heterocycles. The third kappa shape index (κ3) is 5.21. The highest BCUT2D eigenvalue weighted by molar-refractivity contribution is 5.89. The fourth-order valence-electron chi connectivity index (χ4n) is 13.3. The van der Waals surface area contributed by atoms with Gasteiger partial charge in [-0.1, -0.05) is 72.8 Å². The van der Waals surface area contributed by atoms with Crippen LogP contribution in [0.3, 0.4) is 0 Å². The molecule has 0 radical (unpaired) electrons. The van der Waals surface area contributed by atoms with E-state index in [0.717, 1.165) is 17.9 Å². The summed E-state index contributed by atoms with van der Waals surface area (Å²) in [5, 5.41) is 16.3. The van der Waals surface area contributed by atoms with Crippen LogP contribution in [-0.2, 0) is 9.59 Å². The van der Waals surface area contributed by atoms with Gasteiger partial charge in [0.1, 0.15) is 0 Å². The largest absolute Gasteiger partial charge is 0.478 e. The Morgan fingerprint density at radius 1 is 0.889 bits per heavy atom. The highest BCUT2D eigenvalue weighted by Gasteiger charge is 2.71. The summed E-state index contributed by atoms with van der Waals surface area (Å²) in [7, 11) is 1.75. The topological polar surface area (TPSA) is 78.4 Å². The zero-order valence-electron chi connectivity index (χ0n) is 30.0. The number of amides is 1. The Balaban J connectivity index is 1.43.